The fourth-order valence-electron chi connectivity index (χ4n) is 4.31. The minimum absolute atomic E-state index is 0.0827. The maximum atomic E-state index is 12.7. The summed E-state index contributed by atoms with van der Waals surface area (Å²) in [6.07, 6.45) is 2.31. The van der Waals surface area contributed by atoms with Crippen LogP contribution in [-0.4, -0.2) is 43.0 Å². The van der Waals surface area contributed by atoms with E-state index in [1.54, 1.807) is 0 Å². The number of ketones is 1. The van der Waals surface area contributed by atoms with Crippen molar-refractivity contribution in [2.75, 3.05) is 26.3 Å². The number of ether oxygens (including phenoxy) is 1. The SMILES string of the molecule is CC12CCC(C(N3CCOCC3)C1=O)C2(C)C. The van der Waals surface area contributed by atoms with Crippen LogP contribution in [0.4, 0.5) is 0 Å². The standard InChI is InChI=1S/C14H23NO2/c1-13(2)10-4-5-14(13,3)12(16)11(10)15-6-8-17-9-7-15/h10-11H,4-9H2,1-3H3. The molecule has 1 heterocycles. The predicted molar refractivity (Wildman–Crippen MR) is 65.8 cm³/mol. The summed E-state index contributed by atoms with van der Waals surface area (Å²) < 4.78 is 5.40. The van der Waals surface area contributed by atoms with Crippen molar-refractivity contribution >= 4 is 5.78 Å². The normalized spacial score (nSPS) is 45.5. The lowest BCUT2D eigenvalue weighted by Gasteiger charge is -2.37. The zero-order valence-corrected chi connectivity index (χ0v) is 11.2. The van der Waals surface area contributed by atoms with Crippen molar-refractivity contribution in [3.05, 3.63) is 0 Å². The smallest absolute Gasteiger partial charge is 0.156 e. The molecule has 3 heteroatoms. The number of hydrogen-bond donors (Lipinski definition) is 0. The van der Waals surface area contributed by atoms with Crippen LogP contribution in [0, 0.1) is 16.7 Å². The molecule has 0 aromatic heterocycles. The fraction of sp³-hybridized carbons (Fsp3) is 0.929. The van der Waals surface area contributed by atoms with Crippen molar-refractivity contribution < 1.29 is 9.53 Å². The highest BCUT2D eigenvalue weighted by molar-refractivity contribution is 5.94. The summed E-state index contributed by atoms with van der Waals surface area (Å²) >= 11 is 0. The van der Waals surface area contributed by atoms with E-state index in [-0.39, 0.29) is 16.9 Å². The van der Waals surface area contributed by atoms with Gasteiger partial charge < -0.3 is 4.74 Å². The van der Waals surface area contributed by atoms with Crippen molar-refractivity contribution in [2.24, 2.45) is 16.7 Å². The van der Waals surface area contributed by atoms with Crippen LogP contribution < -0.4 is 0 Å². The molecule has 1 aliphatic heterocycles. The molecule has 17 heavy (non-hydrogen) atoms. The minimum Gasteiger partial charge on any atom is -0.379 e. The molecule has 3 unspecified atom stereocenters. The molecule has 0 radical (unpaired) electrons. The van der Waals surface area contributed by atoms with Gasteiger partial charge in [-0.3, -0.25) is 9.69 Å². The third-order valence-corrected chi connectivity index (χ3v) is 5.94. The number of fused-ring (bicyclic) bond motifs is 2. The van der Waals surface area contributed by atoms with Crippen LogP contribution in [0.15, 0.2) is 0 Å². The van der Waals surface area contributed by atoms with Gasteiger partial charge in [0.1, 0.15) is 0 Å². The monoisotopic (exact) mass is 237 g/mol. The topological polar surface area (TPSA) is 29.5 Å². The van der Waals surface area contributed by atoms with Crippen LogP contribution in [0.25, 0.3) is 0 Å². The number of carbonyl (C=O) groups excluding carboxylic acids is 1. The van der Waals surface area contributed by atoms with Crippen LogP contribution in [0.5, 0.6) is 0 Å². The third kappa shape index (κ3) is 1.33. The Kier molecular flexibility index (Phi) is 2.43. The lowest BCUT2D eigenvalue weighted by Crippen LogP contribution is -2.51. The Labute approximate surface area is 104 Å². The van der Waals surface area contributed by atoms with Gasteiger partial charge in [0.05, 0.1) is 19.3 Å². The molecule has 3 atom stereocenters. The van der Waals surface area contributed by atoms with E-state index in [1.165, 1.54) is 6.42 Å². The Bertz CT molecular complexity index is 346. The Morgan fingerprint density at radius 2 is 1.88 bits per heavy atom. The molecule has 96 valence electrons. The Hall–Kier alpha value is -0.410. The quantitative estimate of drug-likeness (QED) is 0.695. The second-order valence-electron chi connectivity index (χ2n) is 6.66. The van der Waals surface area contributed by atoms with E-state index < -0.39 is 0 Å². The summed E-state index contributed by atoms with van der Waals surface area (Å²) in [5.41, 5.74) is 0.0910. The van der Waals surface area contributed by atoms with E-state index in [4.69, 9.17) is 4.74 Å². The predicted octanol–water partition coefficient (Wildman–Crippen LogP) is 1.71. The highest BCUT2D eigenvalue weighted by Gasteiger charge is 2.67. The van der Waals surface area contributed by atoms with Crippen LogP contribution in [0.2, 0.25) is 0 Å². The molecule has 0 aromatic rings. The maximum Gasteiger partial charge on any atom is 0.156 e. The van der Waals surface area contributed by atoms with Gasteiger partial charge in [0.2, 0.25) is 0 Å². The Morgan fingerprint density at radius 3 is 2.41 bits per heavy atom. The molecule has 0 aromatic carbocycles. The average Bonchev–Trinajstić information content (AvgIpc) is 2.62. The van der Waals surface area contributed by atoms with E-state index in [0.29, 0.717) is 11.7 Å². The molecule has 2 saturated carbocycles. The summed E-state index contributed by atoms with van der Waals surface area (Å²) in [4.78, 5) is 15.1. The molecule has 1 saturated heterocycles. The first-order chi connectivity index (χ1) is 7.98. The molecule has 3 rings (SSSR count). The van der Waals surface area contributed by atoms with Gasteiger partial charge in [0.15, 0.2) is 5.78 Å². The molecule has 0 spiro atoms. The van der Waals surface area contributed by atoms with Crippen molar-refractivity contribution in [1.29, 1.82) is 0 Å². The van der Waals surface area contributed by atoms with E-state index in [1.807, 2.05) is 0 Å². The van der Waals surface area contributed by atoms with Gasteiger partial charge in [-0.2, -0.15) is 0 Å². The zero-order chi connectivity index (χ0) is 12.3. The van der Waals surface area contributed by atoms with Gasteiger partial charge >= 0.3 is 0 Å². The molecule has 3 nitrogen and oxygen atoms in total. The van der Waals surface area contributed by atoms with Gasteiger partial charge in [-0.25, -0.2) is 0 Å². The van der Waals surface area contributed by atoms with Crippen LogP contribution in [0.1, 0.15) is 33.6 Å². The molecular weight excluding hydrogens is 214 g/mol. The summed E-state index contributed by atoms with van der Waals surface area (Å²) in [5, 5.41) is 0. The molecule has 2 bridgehead atoms. The molecule has 3 aliphatic rings. The van der Waals surface area contributed by atoms with Crippen LogP contribution >= 0.6 is 0 Å². The Balaban J connectivity index is 1.90. The van der Waals surface area contributed by atoms with E-state index in [9.17, 15) is 4.79 Å². The van der Waals surface area contributed by atoms with Crippen molar-refractivity contribution in [3.63, 3.8) is 0 Å². The second kappa shape index (κ2) is 3.55. The molecule has 0 N–H and O–H groups in total. The average molecular weight is 237 g/mol. The number of carbonyl (C=O) groups is 1. The summed E-state index contributed by atoms with van der Waals surface area (Å²) in [5.74, 6) is 1.05. The first-order valence-electron chi connectivity index (χ1n) is 6.84. The fourth-order valence-corrected chi connectivity index (χ4v) is 4.31. The highest BCUT2D eigenvalue weighted by atomic mass is 16.5. The Morgan fingerprint density at radius 1 is 1.24 bits per heavy atom. The van der Waals surface area contributed by atoms with E-state index in [0.717, 1.165) is 32.7 Å². The minimum atomic E-state index is -0.0827. The molecular formula is C14H23NO2. The summed E-state index contributed by atoms with van der Waals surface area (Å²) in [7, 11) is 0. The lowest BCUT2D eigenvalue weighted by atomic mass is 9.70. The first kappa shape index (κ1) is 11.7. The highest BCUT2D eigenvalue weighted by Crippen LogP contribution is 2.64. The number of nitrogens with zero attached hydrogens (tertiary/aromatic N) is 1. The van der Waals surface area contributed by atoms with E-state index >= 15 is 0 Å². The van der Waals surface area contributed by atoms with Crippen LogP contribution in [-0.2, 0) is 9.53 Å². The first-order valence-corrected chi connectivity index (χ1v) is 6.84. The van der Waals surface area contributed by atoms with Gasteiger partial charge in [0.25, 0.3) is 0 Å². The zero-order valence-electron chi connectivity index (χ0n) is 11.2. The van der Waals surface area contributed by atoms with Crippen LogP contribution in [0.3, 0.4) is 0 Å². The largest absolute Gasteiger partial charge is 0.379 e. The number of hydrogen-bond acceptors (Lipinski definition) is 3. The number of rotatable bonds is 1. The molecule has 3 fully saturated rings. The number of morpholine rings is 1. The third-order valence-electron chi connectivity index (χ3n) is 5.94. The van der Waals surface area contributed by atoms with Crippen molar-refractivity contribution in [1.82, 2.24) is 4.90 Å². The molecule has 2 aliphatic carbocycles. The van der Waals surface area contributed by atoms with Crippen molar-refractivity contribution in [3.8, 4) is 0 Å². The number of Topliss-reactive ketones (excluding diaryl/α,β-unsaturated/α-hetero) is 1. The second-order valence-corrected chi connectivity index (χ2v) is 6.66. The summed E-state index contributed by atoms with van der Waals surface area (Å²) in [6, 6.07) is 0.174. The maximum absolute atomic E-state index is 12.7. The molecule has 0 amide bonds. The van der Waals surface area contributed by atoms with Gasteiger partial charge in [-0.1, -0.05) is 20.8 Å². The van der Waals surface area contributed by atoms with E-state index in [2.05, 4.69) is 25.7 Å². The van der Waals surface area contributed by atoms with Crippen molar-refractivity contribution in [2.45, 2.75) is 39.7 Å². The lowest BCUT2D eigenvalue weighted by molar-refractivity contribution is -0.134. The van der Waals surface area contributed by atoms with Gasteiger partial charge in [0, 0.05) is 18.5 Å². The summed E-state index contributed by atoms with van der Waals surface area (Å²) in [6.45, 7) is 10.2. The van der Waals surface area contributed by atoms with Gasteiger partial charge in [-0.15, -0.1) is 0 Å². The van der Waals surface area contributed by atoms with Gasteiger partial charge in [-0.05, 0) is 24.2 Å².